The van der Waals surface area contributed by atoms with Gasteiger partial charge in [0.2, 0.25) is 5.82 Å². The number of methoxy groups -OCH3 is 2. The van der Waals surface area contributed by atoms with E-state index in [2.05, 4.69) is 20.6 Å². The Morgan fingerprint density at radius 1 is 0.932 bits per heavy atom. The number of esters is 1. The molecule has 13 nitrogen and oxygen atoms in total. The predicted molar refractivity (Wildman–Crippen MR) is 162 cm³/mol. The highest BCUT2D eigenvalue weighted by molar-refractivity contribution is 5.82. The third-order valence-corrected chi connectivity index (χ3v) is 8.30. The van der Waals surface area contributed by atoms with Gasteiger partial charge in [-0.2, -0.15) is 5.21 Å². The number of aromatic amines is 1. The Kier molecular flexibility index (Phi) is 8.46. The van der Waals surface area contributed by atoms with Gasteiger partial charge >= 0.3 is 11.7 Å². The molecule has 1 saturated carbocycles. The van der Waals surface area contributed by atoms with Crippen LogP contribution in [0.2, 0.25) is 0 Å². The number of benzene rings is 2. The second-order valence-electron chi connectivity index (χ2n) is 10.9. The number of nitrogens with one attached hydrogen (secondary N) is 1. The van der Waals surface area contributed by atoms with E-state index >= 15 is 0 Å². The quantitative estimate of drug-likeness (QED) is 0.239. The van der Waals surface area contributed by atoms with Crippen molar-refractivity contribution in [1.29, 1.82) is 0 Å². The van der Waals surface area contributed by atoms with Crippen LogP contribution in [0.1, 0.15) is 49.4 Å². The van der Waals surface area contributed by atoms with Crippen LogP contribution in [0.15, 0.2) is 58.1 Å². The van der Waals surface area contributed by atoms with Crippen molar-refractivity contribution < 1.29 is 14.3 Å². The molecule has 13 heteroatoms. The first kappa shape index (κ1) is 29.2. The molecule has 6 rings (SSSR count). The molecule has 1 N–H and O–H groups in total. The number of fused-ring (bicyclic) bond motifs is 1. The van der Waals surface area contributed by atoms with Gasteiger partial charge in [-0.05, 0) is 34.7 Å². The van der Waals surface area contributed by atoms with Gasteiger partial charge in [-0.3, -0.25) is 14.2 Å². The number of tetrazole rings is 1. The summed E-state index contributed by atoms with van der Waals surface area (Å²) >= 11 is 0. The fourth-order valence-corrected chi connectivity index (χ4v) is 6.14. The Hall–Kier alpha value is -4.91. The van der Waals surface area contributed by atoms with Crippen molar-refractivity contribution in [1.82, 2.24) is 39.3 Å². The van der Waals surface area contributed by atoms with Gasteiger partial charge in [0.1, 0.15) is 12.4 Å². The summed E-state index contributed by atoms with van der Waals surface area (Å²) in [7, 11) is 2.77. The van der Waals surface area contributed by atoms with Crippen molar-refractivity contribution in [3.8, 4) is 22.5 Å². The Bertz CT molecular complexity index is 1900. The van der Waals surface area contributed by atoms with Crippen LogP contribution in [0, 0.1) is 0 Å². The van der Waals surface area contributed by atoms with E-state index in [9.17, 15) is 14.4 Å². The summed E-state index contributed by atoms with van der Waals surface area (Å²) in [5.41, 5.74) is 2.96. The molecule has 0 unspecified atom stereocenters. The van der Waals surface area contributed by atoms with Crippen molar-refractivity contribution in [3.05, 3.63) is 80.8 Å². The summed E-state index contributed by atoms with van der Waals surface area (Å²) in [5.74, 6) is 0.664. The fraction of sp³-hybridized carbons (Fsp3) is 0.387. The lowest BCUT2D eigenvalue weighted by Crippen LogP contribution is -2.43. The van der Waals surface area contributed by atoms with Crippen molar-refractivity contribution >= 4 is 17.1 Å². The average molecular weight is 599 g/mol. The lowest BCUT2D eigenvalue weighted by Gasteiger charge is -2.23. The molecule has 1 fully saturated rings. The maximum absolute atomic E-state index is 14.1. The molecule has 44 heavy (non-hydrogen) atoms. The standard InChI is InChI=1S/C31H34N8O5/c1-43-17-16-37-29-26(30(41)39(31(37)42)19-25(40)44-2)38(28(32-29)20-10-4-3-5-11-20)18-21-12-6-7-13-22(21)23-14-8-9-15-24(23)27-33-35-36-34-27/h6-9,12-15,20H,3-5,10-11,16-19H2,1-2H3,(H,33,34,35,36). The monoisotopic (exact) mass is 598 g/mol. The molecule has 3 aromatic heterocycles. The number of hydrogen-bond acceptors (Lipinski definition) is 9. The number of aromatic nitrogens is 8. The van der Waals surface area contributed by atoms with Crippen molar-refractivity contribution in [2.75, 3.05) is 20.8 Å². The molecule has 0 atom stereocenters. The van der Waals surface area contributed by atoms with Gasteiger partial charge in [-0.25, -0.2) is 14.3 Å². The van der Waals surface area contributed by atoms with E-state index in [1.54, 1.807) is 7.11 Å². The second-order valence-corrected chi connectivity index (χ2v) is 10.9. The second kappa shape index (κ2) is 12.8. The first-order valence-corrected chi connectivity index (χ1v) is 14.7. The highest BCUT2D eigenvalue weighted by Gasteiger charge is 2.28. The third-order valence-electron chi connectivity index (χ3n) is 8.30. The number of carbonyl (C=O) groups excluding carboxylic acids is 1. The van der Waals surface area contributed by atoms with Gasteiger partial charge in [0.05, 0.1) is 26.8 Å². The minimum atomic E-state index is -0.691. The molecule has 1 aliphatic rings. The van der Waals surface area contributed by atoms with Crippen LogP contribution in [0.25, 0.3) is 33.7 Å². The molecular formula is C31H34N8O5. The van der Waals surface area contributed by atoms with Crippen LogP contribution in [-0.4, -0.2) is 66.1 Å². The SMILES string of the molecule is COCCn1c(=O)n(CC(=O)OC)c(=O)c2c1nc(C1CCCCC1)n2Cc1ccccc1-c1ccccc1-c1nn[nH]n1. The third kappa shape index (κ3) is 5.46. The first-order chi connectivity index (χ1) is 21.5. The number of ether oxygens (including phenoxy) is 2. The van der Waals surface area contributed by atoms with Crippen LogP contribution in [-0.2, 0) is 33.9 Å². The zero-order valence-corrected chi connectivity index (χ0v) is 24.7. The van der Waals surface area contributed by atoms with Gasteiger partial charge in [0.15, 0.2) is 11.2 Å². The van der Waals surface area contributed by atoms with Gasteiger partial charge in [-0.15, -0.1) is 10.2 Å². The van der Waals surface area contributed by atoms with Gasteiger partial charge < -0.3 is 14.0 Å². The first-order valence-electron chi connectivity index (χ1n) is 14.7. The summed E-state index contributed by atoms with van der Waals surface area (Å²) in [6, 6.07) is 15.8. The molecular weight excluding hydrogens is 564 g/mol. The lowest BCUT2D eigenvalue weighted by molar-refractivity contribution is -0.141. The summed E-state index contributed by atoms with van der Waals surface area (Å²) in [5, 5.41) is 14.7. The van der Waals surface area contributed by atoms with Crippen LogP contribution in [0.5, 0.6) is 0 Å². The maximum atomic E-state index is 14.1. The number of nitrogens with zero attached hydrogens (tertiary/aromatic N) is 7. The minimum absolute atomic E-state index is 0.120. The van der Waals surface area contributed by atoms with E-state index in [0.717, 1.165) is 64.7 Å². The Morgan fingerprint density at radius 2 is 1.66 bits per heavy atom. The van der Waals surface area contributed by atoms with Gasteiger partial charge in [0.25, 0.3) is 5.56 Å². The molecule has 2 aromatic carbocycles. The van der Waals surface area contributed by atoms with Crippen molar-refractivity contribution in [3.63, 3.8) is 0 Å². The Labute approximate surface area is 252 Å². The zero-order chi connectivity index (χ0) is 30.6. The van der Waals surface area contributed by atoms with E-state index < -0.39 is 23.8 Å². The summed E-state index contributed by atoms with van der Waals surface area (Å²) < 4.78 is 14.4. The highest BCUT2D eigenvalue weighted by Crippen LogP contribution is 2.36. The summed E-state index contributed by atoms with van der Waals surface area (Å²) in [6.07, 6.45) is 5.14. The van der Waals surface area contributed by atoms with E-state index in [4.69, 9.17) is 14.5 Å². The molecule has 0 saturated heterocycles. The maximum Gasteiger partial charge on any atom is 0.333 e. The van der Waals surface area contributed by atoms with Crippen LogP contribution >= 0.6 is 0 Å². The molecule has 1 aliphatic carbocycles. The summed E-state index contributed by atoms with van der Waals surface area (Å²) in [6.45, 7) is 0.209. The highest BCUT2D eigenvalue weighted by atomic mass is 16.5. The number of carbonyl (C=O) groups is 1. The number of H-pyrrole nitrogens is 1. The van der Waals surface area contributed by atoms with Gasteiger partial charge in [0, 0.05) is 18.6 Å². The molecule has 228 valence electrons. The van der Waals surface area contributed by atoms with Crippen LogP contribution in [0.3, 0.4) is 0 Å². The molecule has 0 aliphatic heterocycles. The number of hydrogen-bond donors (Lipinski definition) is 1. The zero-order valence-electron chi connectivity index (χ0n) is 24.7. The summed E-state index contributed by atoms with van der Waals surface area (Å²) in [4.78, 5) is 45.0. The minimum Gasteiger partial charge on any atom is -0.468 e. The molecule has 0 bridgehead atoms. The van der Waals surface area contributed by atoms with E-state index in [1.807, 2.05) is 53.1 Å². The van der Waals surface area contributed by atoms with Crippen LogP contribution in [0.4, 0.5) is 0 Å². The average Bonchev–Trinajstić information content (AvgIpc) is 3.73. The largest absolute Gasteiger partial charge is 0.468 e. The molecule has 0 radical (unpaired) electrons. The molecule has 0 spiro atoms. The topological polar surface area (TPSA) is 152 Å². The Balaban J connectivity index is 1.58. The lowest BCUT2D eigenvalue weighted by atomic mass is 9.88. The predicted octanol–water partition coefficient (Wildman–Crippen LogP) is 3.12. The normalized spacial score (nSPS) is 13.9. The van der Waals surface area contributed by atoms with Crippen molar-refractivity contribution in [2.24, 2.45) is 0 Å². The van der Waals surface area contributed by atoms with E-state index in [-0.39, 0.29) is 24.6 Å². The van der Waals surface area contributed by atoms with Crippen LogP contribution < -0.4 is 11.2 Å². The smallest absolute Gasteiger partial charge is 0.333 e. The van der Waals surface area contributed by atoms with Crippen molar-refractivity contribution in [2.45, 2.75) is 57.7 Å². The molecule has 0 amide bonds. The number of imidazole rings is 1. The molecule has 3 heterocycles. The fourth-order valence-electron chi connectivity index (χ4n) is 6.14. The molecule has 5 aromatic rings. The van der Waals surface area contributed by atoms with E-state index in [0.29, 0.717) is 18.0 Å². The number of rotatable bonds is 10. The Morgan fingerprint density at radius 3 is 2.36 bits per heavy atom. The van der Waals surface area contributed by atoms with Gasteiger partial charge in [-0.1, -0.05) is 67.8 Å². The van der Waals surface area contributed by atoms with E-state index in [1.165, 1.54) is 11.7 Å².